The lowest BCUT2D eigenvalue weighted by Crippen LogP contribution is -2.33. The number of rotatable bonds is 4. The van der Waals surface area contributed by atoms with Gasteiger partial charge >= 0.3 is 0 Å². The van der Waals surface area contributed by atoms with Gasteiger partial charge in [-0.15, -0.1) is 0 Å². The number of hydrogen-bond donors (Lipinski definition) is 1. The third kappa shape index (κ3) is 2.58. The average molecular weight is 326 g/mol. The van der Waals surface area contributed by atoms with Crippen LogP contribution in [0.3, 0.4) is 0 Å². The summed E-state index contributed by atoms with van der Waals surface area (Å²) in [6.45, 7) is 0.407. The molecule has 24 heavy (non-hydrogen) atoms. The van der Waals surface area contributed by atoms with Gasteiger partial charge in [-0.3, -0.25) is 9.59 Å². The first kappa shape index (κ1) is 14.3. The minimum atomic E-state index is -0.305. The smallest absolute Gasteiger partial charge is 0.291 e. The van der Waals surface area contributed by atoms with E-state index in [1.54, 1.807) is 28.8 Å². The van der Waals surface area contributed by atoms with Crippen LogP contribution in [0.2, 0.25) is 0 Å². The van der Waals surface area contributed by atoms with Crippen molar-refractivity contribution in [2.75, 3.05) is 6.79 Å². The summed E-state index contributed by atoms with van der Waals surface area (Å²) in [7, 11) is 0. The average Bonchev–Trinajstić information content (AvgIpc) is 3.24. The number of hydrogen-bond acceptors (Lipinski definition) is 5. The van der Waals surface area contributed by atoms with E-state index in [1.165, 1.54) is 6.33 Å². The molecule has 3 heterocycles. The molecule has 3 aromatic rings. The molecule has 0 bridgehead atoms. The Morgan fingerprint density at radius 1 is 1.25 bits per heavy atom. The summed E-state index contributed by atoms with van der Waals surface area (Å²) in [6.07, 6.45) is 3.23. The number of ether oxygens (including phenoxy) is 2. The van der Waals surface area contributed by atoms with E-state index >= 15 is 0 Å². The van der Waals surface area contributed by atoms with E-state index in [4.69, 9.17) is 9.47 Å². The van der Waals surface area contributed by atoms with E-state index < -0.39 is 0 Å². The first-order valence-corrected chi connectivity index (χ1v) is 7.39. The molecule has 0 saturated heterocycles. The minimum Gasteiger partial charge on any atom is -0.454 e. The van der Waals surface area contributed by atoms with Crippen LogP contribution in [0.5, 0.6) is 11.5 Å². The van der Waals surface area contributed by atoms with E-state index in [9.17, 15) is 9.59 Å². The van der Waals surface area contributed by atoms with Crippen LogP contribution in [0.25, 0.3) is 5.52 Å². The Bertz CT molecular complexity index is 976. The summed E-state index contributed by atoms with van der Waals surface area (Å²) in [5, 5.41) is 6.76. The third-order valence-electron chi connectivity index (χ3n) is 3.77. The van der Waals surface area contributed by atoms with E-state index in [0.717, 1.165) is 10.2 Å². The predicted molar refractivity (Wildman–Crippen MR) is 83.9 cm³/mol. The van der Waals surface area contributed by atoms with Gasteiger partial charge in [0.1, 0.15) is 18.4 Å². The minimum absolute atomic E-state index is 0.134. The number of fused-ring (bicyclic) bond motifs is 2. The van der Waals surface area contributed by atoms with Crippen molar-refractivity contribution in [1.29, 1.82) is 0 Å². The Balaban J connectivity index is 1.43. The topological polar surface area (TPSA) is 86.9 Å². The highest BCUT2D eigenvalue weighted by atomic mass is 16.7. The molecule has 0 fully saturated rings. The molecule has 0 aliphatic carbocycles. The van der Waals surface area contributed by atoms with Gasteiger partial charge in [0.2, 0.25) is 12.7 Å². The molecule has 4 rings (SSSR count). The van der Waals surface area contributed by atoms with Gasteiger partial charge in [-0.25, -0.2) is 4.68 Å². The molecule has 0 unspecified atom stereocenters. The molecule has 0 saturated carbocycles. The maximum atomic E-state index is 12.2. The number of carbonyl (C=O) groups excluding carboxylic acids is 1. The molecule has 1 aliphatic rings. The summed E-state index contributed by atoms with van der Waals surface area (Å²) < 4.78 is 13.3. The number of benzene rings is 1. The van der Waals surface area contributed by atoms with Gasteiger partial charge in [0.05, 0.1) is 0 Å². The molecule has 0 radical (unpaired) electrons. The second-order valence-corrected chi connectivity index (χ2v) is 5.36. The lowest BCUT2D eigenvalue weighted by molar-refractivity contribution is -0.122. The molecule has 0 atom stereocenters. The van der Waals surface area contributed by atoms with Crippen LogP contribution in [-0.4, -0.2) is 26.9 Å². The number of aromatic nitrogens is 3. The van der Waals surface area contributed by atoms with Gasteiger partial charge in [-0.1, -0.05) is 6.07 Å². The lowest BCUT2D eigenvalue weighted by Gasteiger charge is -2.08. The summed E-state index contributed by atoms with van der Waals surface area (Å²) in [6, 6.07) is 8.91. The van der Waals surface area contributed by atoms with Gasteiger partial charge in [-0.2, -0.15) is 5.10 Å². The first-order chi connectivity index (χ1) is 11.7. The molecular formula is C16H14N4O4. The maximum Gasteiger partial charge on any atom is 0.291 e. The second kappa shape index (κ2) is 5.73. The summed E-state index contributed by atoms with van der Waals surface area (Å²) in [5.74, 6) is 1.07. The van der Waals surface area contributed by atoms with Crippen LogP contribution in [0.1, 0.15) is 5.56 Å². The van der Waals surface area contributed by atoms with Gasteiger partial charge < -0.3 is 19.2 Å². The molecule has 122 valence electrons. The maximum absolute atomic E-state index is 12.2. The zero-order valence-corrected chi connectivity index (χ0v) is 12.6. The molecule has 1 aliphatic heterocycles. The highest BCUT2D eigenvalue weighted by Gasteiger charge is 2.14. The molecular weight excluding hydrogens is 312 g/mol. The van der Waals surface area contributed by atoms with Crippen molar-refractivity contribution in [2.45, 2.75) is 13.1 Å². The van der Waals surface area contributed by atoms with Gasteiger partial charge in [0.25, 0.3) is 5.56 Å². The van der Waals surface area contributed by atoms with Crippen LogP contribution in [-0.2, 0) is 17.9 Å². The first-order valence-electron chi connectivity index (χ1n) is 7.39. The van der Waals surface area contributed by atoms with Crippen LogP contribution >= 0.6 is 0 Å². The number of amides is 1. The van der Waals surface area contributed by atoms with Gasteiger partial charge in [-0.05, 0) is 29.8 Å². The Morgan fingerprint density at radius 2 is 2.12 bits per heavy atom. The van der Waals surface area contributed by atoms with Crippen molar-refractivity contribution in [3.63, 3.8) is 0 Å². The van der Waals surface area contributed by atoms with E-state index in [2.05, 4.69) is 10.4 Å². The van der Waals surface area contributed by atoms with Crippen molar-refractivity contribution >= 4 is 11.4 Å². The zero-order chi connectivity index (χ0) is 16.5. The summed E-state index contributed by atoms with van der Waals surface area (Å²) in [5.41, 5.74) is 1.06. The van der Waals surface area contributed by atoms with Crippen molar-refractivity contribution in [2.24, 2.45) is 0 Å². The lowest BCUT2D eigenvalue weighted by atomic mass is 10.2. The molecule has 0 spiro atoms. The van der Waals surface area contributed by atoms with Crippen LogP contribution in [0.15, 0.2) is 47.7 Å². The van der Waals surface area contributed by atoms with Gasteiger partial charge in [0.15, 0.2) is 11.5 Å². The Labute approximate surface area is 136 Å². The zero-order valence-electron chi connectivity index (χ0n) is 12.6. The van der Waals surface area contributed by atoms with Gasteiger partial charge in [0, 0.05) is 12.7 Å². The van der Waals surface area contributed by atoms with Crippen LogP contribution in [0, 0.1) is 0 Å². The van der Waals surface area contributed by atoms with Crippen molar-refractivity contribution < 1.29 is 14.3 Å². The molecule has 1 aromatic carbocycles. The van der Waals surface area contributed by atoms with Crippen molar-refractivity contribution in [1.82, 2.24) is 19.5 Å². The molecule has 1 amide bonds. The fourth-order valence-corrected chi connectivity index (χ4v) is 2.53. The molecule has 8 nitrogen and oxygen atoms in total. The number of nitrogens with zero attached hydrogens (tertiary/aromatic N) is 3. The van der Waals surface area contributed by atoms with Crippen molar-refractivity contribution in [3.05, 3.63) is 58.8 Å². The van der Waals surface area contributed by atoms with E-state index in [1.807, 2.05) is 12.1 Å². The fourth-order valence-electron chi connectivity index (χ4n) is 2.53. The van der Waals surface area contributed by atoms with Crippen LogP contribution in [0.4, 0.5) is 0 Å². The summed E-state index contributed by atoms with van der Waals surface area (Å²) in [4.78, 5) is 24.3. The van der Waals surface area contributed by atoms with Crippen LogP contribution < -0.4 is 20.3 Å². The number of nitrogens with one attached hydrogen (secondary N) is 1. The Hall–Kier alpha value is -3.29. The molecule has 8 heteroatoms. The highest BCUT2D eigenvalue weighted by molar-refractivity contribution is 5.75. The Morgan fingerprint density at radius 3 is 3.04 bits per heavy atom. The highest BCUT2D eigenvalue weighted by Crippen LogP contribution is 2.32. The third-order valence-corrected chi connectivity index (χ3v) is 3.77. The SMILES string of the molecule is O=C(Cn1ncn2cccc2c1=O)NCc1ccc2c(c1)OCO2. The fraction of sp³-hybridized carbons (Fsp3) is 0.188. The van der Waals surface area contributed by atoms with Crippen molar-refractivity contribution in [3.8, 4) is 11.5 Å². The standard InChI is InChI=1S/C16H14N4O4/c21-15(8-20-16(22)12-2-1-5-19(12)9-18-20)17-7-11-3-4-13-14(6-11)24-10-23-13/h1-6,9H,7-8,10H2,(H,17,21). The number of carbonyl (C=O) groups is 1. The predicted octanol–water partition coefficient (Wildman–Crippen LogP) is 0.541. The monoisotopic (exact) mass is 326 g/mol. The largest absolute Gasteiger partial charge is 0.454 e. The molecule has 1 N–H and O–H groups in total. The summed E-state index contributed by atoms with van der Waals surface area (Å²) >= 11 is 0. The normalized spacial score (nSPS) is 12.5. The Kier molecular flexibility index (Phi) is 3.42. The van der Waals surface area contributed by atoms with E-state index in [-0.39, 0.29) is 24.8 Å². The van der Waals surface area contributed by atoms with E-state index in [0.29, 0.717) is 23.6 Å². The second-order valence-electron chi connectivity index (χ2n) is 5.36. The quantitative estimate of drug-likeness (QED) is 0.756. The molecule has 2 aromatic heterocycles.